The minimum absolute atomic E-state index is 0.0447. The van der Waals surface area contributed by atoms with Crippen LogP contribution in [0.4, 0.5) is 5.69 Å². The van der Waals surface area contributed by atoms with Crippen LogP contribution in [0, 0.1) is 6.92 Å². The number of nitrogens with one attached hydrogen (secondary N) is 1. The Morgan fingerprint density at radius 2 is 1.78 bits per heavy atom. The van der Waals surface area contributed by atoms with Gasteiger partial charge in [0.05, 0.1) is 5.69 Å². The molecule has 1 N–H and O–H groups in total. The Labute approximate surface area is 155 Å². The molecular weight excluding hydrogens is 342 g/mol. The number of hydrogen-bond acceptors (Lipinski definition) is 5. The average Bonchev–Trinajstić information content (AvgIpc) is 3.08. The molecule has 0 atom stereocenters. The van der Waals surface area contributed by atoms with Crippen LogP contribution in [0.5, 0.6) is 5.75 Å². The van der Waals surface area contributed by atoms with Gasteiger partial charge in [0.1, 0.15) is 5.75 Å². The molecule has 2 aromatic carbocycles. The molecule has 0 unspecified atom stereocenters. The molecule has 0 saturated heterocycles. The van der Waals surface area contributed by atoms with E-state index in [4.69, 9.17) is 4.74 Å². The number of ether oxygens (including phenoxy) is 1. The Morgan fingerprint density at radius 3 is 2.56 bits per heavy atom. The predicted molar refractivity (Wildman–Crippen MR) is 102 cm³/mol. The third-order valence-corrected chi connectivity index (χ3v) is 4.00. The fourth-order valence-corrected chi connectivity index (χ4v) is 2.64. The van der Waals surface area contributed by atoms with E-state index in [1.165, 1.54) is 0 Å². The monoisotopic (exact) mass is 359 g/mol. The third kappa shape index (κ3) is 3.77. The number of fused-ring (bicyclic) bond motifs is 1. The lowest BCUT2D eigenvalue weighted by Gasteiger charge is -2.08. The first-order valence-corrected chi connectivity index (χ1v) is 8.46. The van der Waals surface area contributed by atoms with Crippen molar-refractivity contribution in [1.82, 2.24) is 19.8 Å². The summed E-state index contributed by atoms with van der Waals surface area (Å²) in [4.78, 5) is 12.0. The molecule has 0 radical (unpaired) electrons. The van der Waals surface area contributed by atoms with Crippen molar-refractivity contribution in [3.63, 3.8) is 0 Å². The molecule has 0 aliphatic carbocycles. The van der Waals surface area contributed by atoms with Gasteiger partial charge in [0.15, 0.2) is 18.1 Å². The molecule has 0 spiro atoms. The van der Waals surface area contributed by atoms with Gasteiger partial charge in [-0.15, -0.1) is 10.2 Å². The van der Waals surface area contributed by atoms with Crippen LogP contribution in [0.25, 0.3) is 16.9 Å². The Hall–Kier alpha value is -3.74. The summed E-state index contributed by atoms with van der Waals surface area (Å²) in [6.45, 7) is 1.81. The maximum atomic E-state index is 12.0. The minimum atomic E-state index is -0.216. The Morgan fingerprint density at radius 1 is 1.00 bits per heavy atom. The largest absolute Gasteiger partial charge is 0.484 e. The molecule has 0 saturated carbocycles. The number of aromatic nitrogens is 4. The van der Waals surface area contributed by atoms with Crippen LogP contribution in [-0.4, -0.2) is 32.3 Å². The summed E-state index contributed by atoms with van der Waals surface area (Å²) in [6, 6.07) is 20.5. The van der Waals surface area contributed by atoms with E-state index in [2.05, 4.69) is 20.6 Å². The molecule has 4 rings (SSSR count). The van der Waals surface area contributed by atoms with Crippen LogP contribution in [0.3, 0.4) is 0 Å². The van der Waals surface area contributed by atoms with Crippen molar-refractivity contribution in [2.75, 3.05) is 11.9 Å². The molecule has 2 heterocycles. The van der Waals surface area contributed by atoms with E-state index in [0.29, 0.717) is 17.1 Å². The van der Waals surface area contributed by atoms with Gasteiger partial charge in [-0.3, -0.25) is 4.79 Å². The molecular formula is C20H17N5O2. The summed E-state index contributed by atoms with van der Waals surface area (Å²) in [6.07, 6.45) is 0. The topological polar surface area (TPSA) is 81.4 Å². The van der Waals surface area contributed by atoms with Gasteiger partial charge < -0.3 is 10.1 Å². The first kappa shape index (κ1) is 16.7. The maximum Gasteiger partial charge on any atom is 0.262 e. The lowest BCUT2D eigenvalue weighted by Crippen LogP contribution is -2.20. The van der Waals surface area contributed by atoms with Gasteiger partial charge >= 0.3 is 0 Å². The summed E-state index contributed by atoms with van der Waals surface area (Å²) in [7, 11) is 0. The van der Waals surface area contributed by atoms with Gasteiger partial charge in [0.2, 0.25) is 0 Å². The number of benzene rings is 2. The first-order valence-electron chi connectivity index (χ1n) is 8.46. The van der Waals surface area contributed by atoms with E-state index < -0.39 is 0 Å². The van der Waals surface area contributed by atoms with Crippen molar-refractivity contribution in [3.05, 3.63) is 72.6 Å². The van der Waals surface area contributed by atoms with Crippen LogP contribution < -0.4 is 10.1 Å². The standard InChI is InChI=1S/C20H17N5O2/c1-14-22-23-19-12-11-18(24-25(14)19)15-7-9-16(10-8-15)21-20(26)13-27-17-5-3-2-4-6-17/h2-12H,13H2,1H3,(H,21,26). The lowest BCUT2D eigenvalue weighted by molar-refractivity contribution is -0.118. The summed E-state index contributed by atoms with van der Waals surface area (Å²) < 4.78 is 7.14. The second-order valence-corrected chi connectivity index (χ2v) is 5.96. The Balaban J connectivity index is 1.42. The van der Waals surface area contributed by atoms with E-state index in [9.17, 15) is 4.79 Å². The van der Waals surface area contributed by atoms with Crippen LogP contribution >= 0.6 is 0 Å². The van der Waals surface area contributed by atoms with Crippen molar-refractivity contribution < 1.29 is 9.53 Å². The molecule has 1 amide bonds. The second kappa shape index (κ2) is 7.25. The quantitative estimate of drug-likeness (QED) is 0.592. The molecule has 2 aromatic heterocycles. The fraction of sp³-hybridized carbons (Fsp3) is 0.100. The van der Waals surface area contributed by atoms with Crippen molar-refractivity contribution in [1.29, 1.82) is 0 Å². The summed E-state index contributed by atoms with van der Waals surface area (Å²) in [5, 5.41) is 15.4. The zero-order valence-electron chi connectivity index (χ0n) is 14.7. The predicted octanol–water partition coefficient (Wildman–Crippen LogP) is 3.12. The number of amides is 1. The SMILES string of the molecule is Cc1nnc2ccc(-c3ccc(NC(=O)COc4ccccc4)cc3)nn12. The normalized spacial score (nSPS) is 10.7. The van der Waals surface area contributed by atoms with Gasteiger partial charge in [0, 0.05) is 11.3 Å². The van der Waals surface area contributed by atoms with Gasteiger partial charge in [-0.2, -0.15) is 9.61 Å². The zero-order valence-corrected chi connectivity index (χ0v) is 14.7. The van der Waals surface area contributed by atoms with Crippen LogP contribution in [0.1, 0.15) is 5.82 Å². The van der Waals surface area contributed by atoms with Gasteiger partial charge in [-0.05, 0) is 43.3 Å². The number of carbonyl (C=O) groups is 1. The highest BCUT2D eigenvalue weighted by Crippen LogP contribution is 2.20. The highest BCUT2D eigenvalue weighted by atomic mass is 16.5. The van der Waals surface area contributed by atoms with Crippen LogP contribution in [0.2, 0.25) is 0 Å². The number of anilines is 1. The number of rotatable bonds is 5. The smallest absolute Gasteiger partial charge is 0.262 e. The number of aryl methyl sites for hydroxylation is 1. The molecule has 0 bridgehead atoms. The van der Waals surface area contributed by atoms with E-state index in [1.54, 1.807) is 4.52 Å². The van der Waals surface area contributed by atoms with Crippen LogP contribution in [-0.2, 0) is 4.79 Å². The van der Waals surface area contributed by atoms with Gasteiger partial charge in [-0.1, -0.05) is 30.3 Å². The second-order valence-electron chi connectivity index (χ2n) is 5.96. The average molecular weight is 359 g/mol. The van der Waals surface area contributed by atoms with E-state index in [-0.39, 0.29) is 12.5 Å². The van der Waals surface area contributed by atoms with Crippen molar-refractivity contribution in [2.24, 2.45) is 0 Å². The zero-order chi connectivity index (χ0) is 18.6. The first-order chi connectivity index (χ1) is 13.2. The van der Waals surface area contributed by atoms with Crippen molar-refractivity contribution >= 4 is 17.2 Å². The molecule has 27 heavy (non-hydrogen) atoms. The summed E-state index contributed by atoms with van der Waals surface area (Å²) in [5.41, 5.74) is 3.14. The minimum Gasteiger partial charge on any atom is -0.484 e. The number of nitrogens with zero attached hydrogens (tertiary/aromatic N) is 4. The molecule has 0 aliphatic heterocycles. The molecule has 0 fully saturated rings. The molecule has 4 aromatic rings. The third-order valence-electron chi connectivity index (χ3n) is 4.00. The van der Waals surface area contributed by atoms with E-state index in [0.717, 1.165) is 17.1 Å². The summed E-state index contributed by atoms with van der Waals surface area (Å²) >= 11 is 0. The highest BCUT2D eigenvalue weighted by molar-refractivity contribution is 5.92. The van der Waals surface area contributed by atoms with E-state index >= 15 is 0 Å². The van der Waals surface area contributed by atoms with E-state index in [1.807, 2.05) is 73.7 Å². The summed E-state index contributed by atoms with van der Waals surface area (Å²) in [5.74, 6) is 1.18. The highest BCUT2D eigenvalue weighted by Gasteiger charge is 2.07. The maximum absolute atomic E-state index is 12.0. The van der Waals surface area contributed by atoms with Gasteiger partial charge in [0.25, 0.3) is 5.91 Å². The number of para-hydroxylation sites is 1. The lowest BCUT2D eigenvalue weighted by atomic mass is 10.1. The Bertz CT molecular complexity index is 1070. The van der Waals surface area contributed by atoms with Crippen molar-refractivity contribution in [2.45, 2.75) is 6.92 Å². The fourth-order valence-electron chi connectivity index (χ4n) is 2.64. The molecule has 7 nitrogen and oxygen atoms in total. The number of hydrogen-bond donors (Lipinski definition) is 1. The molecule has 0 aliphatic rings. The Kier molecular flexibility index (Phi) is 4.49. The molecule has 134 valence electrons. The van der Waals surface area contributed by atoms with Crippen LogP contribution in [0.15, 0.2) is 66.7 Å². The number of carbonyl (C=O) groups excluding carboxylic acids is 1. The van der Waals surface area contributed by atoms with Crippen molar-refractivity contribution in [3.8, 4) is 17.0 Å². The molecule has 7 heteroatoms. The van der Waals surface area contributed by atoms with Gasteiger partial charge in [-0.25, -0.2) is 0 Å².